The summed E-state index contributed by atoms with van der Waals surface area (Å²) >= 11 is 1.59. The van der Waals surface area contributed by atoms with Gasteiger partial charge in [0.1, 0.15) is 5.84 Å². The second kappa shape index (κ2) is 8.62. The summed E-state index contributed by atoms with van der Waals surface area (Å²) in [6, 6.07) is 10.5. The molecule has 1 aromatic heterocycles. The van der Waals surface area contributed by atoms with Gasteiger partial charge < -0.3 is 16.2 Å². The number of amidine groups is 1. The van der Waals surface area contributed by atoms with E-state index in [1.807, 2.05) is 26.0 Å². The van der Waals surface area contributed by atoms with Gasteiger partial charge in [0, 0.05) is 39.3 Å². The second-order valence-electron chi connectivity index (χ2n) is 6.37. The minimum absolute atomic E-state index is 0.0177. The first-order chi connectivity index (χ1) is 12.3. The number of rotatable bonds is 8. The molecule has 0 saturated carbocycles. The number of hydrogen-bond donors (Lipinski definition) is 4. The fraction of sp³-hybridized carbons (Fsp3) is 0.316. The van der Waals surface area contributed by atoms with Crippen molar-refractivity contribution in [2.45, 2.75) is 38.6 Å². The van der Waals surface area contributed by atoms with Crippen LogP contribution in [-0.2, 0) is 11.2 Å². The lowest BCUT2D eigenvalue weighted by atomic mass is 10.1. The molecule has 1 heterocycles. The maximum absolute atomic E-state index is 12.3. The minimum atomic E-state index is -0.802. The molecule has 0 aliphatic rings. The Balaban J connectivity index is 1.92. The van der Waals surface area contributed by atoms with E-state index in [9.17, 15) is 9.59 Å². The number of carbonyl (C=O) groups excluding carboxylic acids is 1. The lowest BCUT2D eigenvalue weighted by molar-refractivity contribution is -0.137. The van der Waals surface area contributed by atoms with E-state index < -0.39 is 5.97 Å². The molecule has 1 amide bonds. The summed E-state index contributed by atoms with van der Waals surface area (Å²) in [5.74, 6) is -1.03. The average Bonchev–Trinajstić information content (AvgIpc) is 3.02. The first kappa shape index (κ1) is 19.7. The highest BCUT2D eigenvalue weighted by molar-refractivity contribution is 7.12. The molecule has 0 spiro atoms. The number of carboxylic acids is 1. The summed E-state index contributed by atoms with van der Waals surface area (Å²) in [5.41, 5.74) is 6.50. The fourth-order valence-electron chi connectivity index (χ4n) is 2.59. The Morgan fingerprint density at radius 2 is 1.77 bits per heavy atom. The molecular weight excluding hydrogens is 350 g/mol. The van der Waals surface area contributed by atoms with Crippen LogP contribution in [0.3, 0.4) is 0 Å². The Bertz CT molecular complexity index is 799. The van der Waals surface area contributed by atoms with Crippen molar-refractivity contribution in [3.8, 4) is 0 Å². The maximum atomic E-state index is 12.3. The zero-order valence-corrected chi connectivity index (χ0v) is 15.6. The Morgan fingerprint density at radius 3 is 2.35 bits per heavy atom. The predicted molar refractivity (Wildman–Crippen MR) is 103 cm³/mol. The molecule has 26 heavy (non-hydrogen) atoms. The van der Waals surface area contributed by atoms with E-state index in [-0.39, 0.29) is 30.1 Å². The second-order valence-corrected chi connectivity index (χ2v) is 7.57. The number of carboxylic acid groups (broad SMARTS) is 1. The third kappa shape index (κ3) is 5.42. The number of amides is 1. The zero-order chi connectivity index (χ0) is 19.3. The molecule has 0 bridgehead atoms. The van der Waals surface area contributed by atoms with Gasteiger partial charge >= 0.3 is 5.97 Å². The number of nitrogens with two attached hydrogens (primary N) is 1. The van der Waals surface area contributed by atoms with Crippen LogP contribution in [0.2, 0.25) is 0 Å². The minimum Gasteiger partial charge on any atom is -0.481 e. The van der Waals surface area contributed by atoms with Crippen LogP contribution in [0.1, 0.15) is 51.9 Å². The molecule has 0 radical (unpaired) electrons. The van der Waals surface area contributed by atoms with Crippen LogP contribution in [-0.4, -0.2) is 28.9 Å². The summed E-state index contributed by atoms with van der Waals surface area (Å²) in [5, 5.41) is 19.2. The molecule has 2 unspecified atom stereocenters. The van der Waals surface area contributed by atoms with Gasteiger partial charge in [0.05, 0.1) is 6.42 Å². The topological polar surface area (TPSA) is 116 Å². The summed E-state index contributed by atoms with van der Waals surface area (Å²) < 4.78 is 0. The van der Waals surface area contributed by atoms with Gasteiger partial charge in [0.15, 0.2) is 0 Å². The molecular formula is C19H23N3O3S. The lowest BCUT2D eigenvalue weighted by Crippen LogP contribution is -2.33. The monoisotopic (exact) mass is 373 g/mol. The molecule has 7 heteroatoms. The van der Waals surface area contributed by atoms with Crippen LogP contribution in [0.4, 0.5) is 0 Å². The number of hydrogen-bond acceptors (Lipinski definition) is 4. The van der Waals surface area contributed by atoms with Gasteiger partial charge in [-0.25, -0.2) is 0 Å². The summed E-state index contributed by atoms with van der Waals surface area (Å²) in [7, 11) is 0. The first-order valence-electron chi connectivity index (χ1n) is 8.32. The van der Waals surface area contributed by atoms with Gasteiger partial charge in [0.2, 0.25) is 0 Å². The molecule has 1 aromatic carbocycles. The highest BCUT2D eigenvalue weighted by Crippen LogP contribution is 2.27. The highest BCUT2D eigenvalue weighted by Gasteiger charge is 2.15. The molecule has 6 nitrogen and oxygen atoms in total. The van der Waals surface area contributed by atoms with Crippen molar-refractivity contribution in [2.75, 3.05) is 0 Å². The number of nitrogen functional groups attached to an aromatic ring is 1. The van der Waals surface area contributed by atoms with Crippen LogP contribution in [0.25, 0.3) is 0 Å². The van der Waals surface area contributed by atoms with E-state index in [0.29, 0.717) is 17.5 Å². The number of benzene rings is 1. The molecule has 0 aliphatic carbocycles. The third-order valence-corrected chi connectivity index (χ3v) is 5.33. The van der Waals surface area contributed by atoms with Crippen molar-refractivity contribution in [1.29, 1.82) is 5.41 Å². The van der Waals surface area contributed by atoms with Gasteiger partial charge in [-0.2, -0.15) is 0 Å². The van der Waals surface area contributed by atoms with Gasteiger partial charge in [-0.3, -0.25) is 15.0 Å². The Morgan fingerprint density at radius 1 is 1.15 bits per heavy atom. The van der Waals surface area contributed by atoms with E-state index in [1.165, 1.54) is 0 Å². The average molecular weight is 373 g/mol. The fourth-order valence-corrected chi connectivity index (χ4v) is 3.79. The smallest absolute Gasteiger partial charge is 0.303 e. The van der Waals surface area contributed by atoms with Gasteiger partial charge in [-0.1, -0.05) is 19.1 Å². The number of carbonyl (C=O) groups is 2. The van der Waals surface area contributed by atoms with Crippen molar-refractivity contribution in [3.05, 3.63) is 57.3 Å². The summed E-state index contributed by atoms with van der Waals surface area (Å²) in [4.78, 5) is 25.3. The third-order valence-electron chi connectivity index (χ3n) is 3.99. The van der Waals surface area contributed by atoms with Crippen LogP contribution >= 0.6 is 11.3 Å². The van der Waals surface area contributed by atoms with Crippen molar-refractivity contribution in [2.24, 2.45) is 5.73 Å². The first-order valence-corrected chi connectivity index (χ1v) is 9.13. The largest absolute Gasteiger partial charge is 0.481 e. The Labute approximate surface area is 156 Å². The van der Waals surface area contributed by atoms with E-state index in [1.54, 1.807) is 35.6 Å². The van der Waals surface area contributed by atoms with Crippen LogP contribution < -0.4 is 11.1 Å². The molecule has 2 aromatic rings. The quantitative estimate of drug-likeness (QED) is 0.420. The number of aliphatic carboxylic acids is 1. The van der Waals surface area contributed by atoms with Crippen molar-refractivity contribution in [3.63, 3.8) is 0 Å². The van der Waals surface area contributed by atoms with E-state index in [4.69, 9.17) is 16.2 Å². The summed E-state index contributed by atoms with van der Waals surface area (Å²) in [6.45, 7) is 3.83. The molecule has 2 rings (SSSR count). The van der Waals surface area contributed by atoms with E-state index >= 15 is 0 Å². The van der Waals surface area contributed by atoms with Crippen molar-refractivity contribution >= 4 is 29.0 Å². The van der Waals surface area contributed by atoms with Crippen molar-refractivity contribution in [1.82, 2.24) is 5.32 Å². The standard InChI is InChI=1S/C19H23N3O3S/c1-11(9-17(23)24)16-8-7-15(26-16)10-12(2)22-19(25)14-5-3-13(4-6-14)18(20)21/h3-8,11-12H,9-10H2,1-2H3,(H3,20,21)(H,22,25)(H,23,24). The Hall–Kier alpha value is -2.67. The molecule has 2 atom stereocenters. The van der Waals surface area contributed by atoms with Gasteiger partial charge in [0.25, 0.3) is 5.91 Å². The number of thiophene rings is 1. The molecule has 5 N–H and O–H groups in total. The van der Waals surface area contributed by atoms with Gasteiger partial charge in [-0.05, 0) is 31.2 Å². The van der Waals surface area contributed by atoms with Crippen LogP contribution in [0.15, 0.2) is 36.4 Å². The van der Waals surface area contributed by atoms with Crippen LogP contribution in [0, 0.1) is 5.41 Å². The number of nitrogens with one attached hydrogen (secondary N) is 2. The lowest BCUT2D eigenvalue weighted by Gasteiger charge is -2.13. The van der Waals surface area contributed by atoms with E-state index in [0.717, 1.165) is 9.75 Å². The normalized spacial score (nSPS) is 13.0. The highest BCUT2D eigenvalue weighted by atomic mass is 32.1. The molecule has 138 valence electrons. The van der Waals surface area contributed by atoms with Crippen molar-refractivity contribution < 1.29 is 14.7 Å². The SMILES string of the molecule is CC(Cc1ccc(C(C)CC(=O)O)s1)NC(=O)c1ccc(C(=N)N)cc1. The Kier molecular flexibility index (Phi) is 6.52. The molecule has 0 fully saturated rings. The van der Waals surface area contributed by atoms with Crippen LogP contribution in [0.5, 0.6) is 0 Å². The maximum Gasteiger partial charge on any atom is 0.303 e. The zero-order valence-electron chi connectivity index (χ0n) is 14.8. The predicted octanol–water partition coefficient (Wildman–Crippen LogP) is 2.97. The molecule has 0 saturated heterocycles. The molecule has 0 aliphatic heterocycles. The summed E-state index contributed by atoms with van der Waals surface area (Å²) in [6.07, 6.45) is 0.796. The van der Waals surface area contributed by atoms with Gasteiger partial charge in [-0.15, -0.1) is 11.3 Å². The van der Waals surface area contributed by atoms with E-state index in [2.05, 4.69) is 5.32 Å².